The summed E-state index contributed by atoms with van der Waals surface area (Å²) in [5.41, 5.74) is 3.89. The summed E-state index contributed by atoms with van der Waals surface area (Å²) in [6.45, 7) is 2.26. The molecule has 3 aromatic rings. The van der Waals surface area contributed by atoms with Gasteiger partial charge >= 0.3 is 0 Å². The summed E-state index contributed by atoms with van der Waals surface area (Å²) in [5.74, 6) is 1.61. The maximum atomic E-state index is 5.38. The van der Waals surface area contributed by atoms with E-state index in [9.17, 15) is 0 Å². The van der Waals surface area contributed by atoms with E-state index in [-0.39, 0.29) is 0 Å². The zero-order valence-corrected chi connectivity index (χ0v) is 12.0. The summed E-state index contributed by atoms with van der Waals surface area (Å²) in [5, 5.41) is 11.5. The molecule has 0 saturated carbocycles. The molecule has 0 saturated heterocycles. The highest BCUT2D eigenvalue weighted by Crippen LogP contribution is 2.31. The molecule has 0 aromatic carbocycles. The fraction of sp³-hybridized carbons (Fsp3) is 0.429. The van der Waals surface area contributed by atoms with Gasteiger partial charge in [0.15, 0.2) is 5.69 Å². The van der Waals surface area contributed by atoms with E-state index in [1.54, 1.807) is 6.33 Å². The van der Waals surface area contributed by atoms with Crippen molar-refractivity contribution in [3.05, 3.63) is 23.8 Å². The number of aromatic amines is 1. The number of aryl methyl sites for hydroxylation is 2. The van der Waals surface area contributed by atoms with Crippen molar-refractivity contribution in [2.45, 2.75) is 26.2 Å². The van der Waals surface area contributed by atoms with E-state index in [0.29, 0.717) is 23.3 Å². The predicted octanol–water partition coefficient (Wildman–Crippen LogP) is 1.98. The van der Waals surface area contributed by atoms with Gasteiger partial charge < -0.3 is 9.09 Å². The van der Waals surface area contributed by atoms with Crippen LogP contribution in [0.25, 0.3) is 23.1 Å². The van der Waals surface area contributed by atoms with Gasteiger partial charge in [0, 0.05) is 24.5 Å². The number of rotatable bonds is 2. The Labute approximate surface area is 121 Å². The average molecular weight is 284 g/mol. The quantitative estimate of drug-likeness (QED) is 0.777. The van der Waals surface area contributed by atoms with E-state index in [1.165, 1.54) is 17.7 Å². The third kappa shape index (κ3) is 2.05. The maximum Gasteiger partial charge on any atom is 0.279 e. The van der Waals surface area contributed by atoms with Gasteiger partial charge in [0.05, 0.1) is 6.33 Å². The Morgan fingerprint density at radius 2 is 2.33 bits per heavy atom. The molecule has 1 atom stereocenters. The zero-order chi connectivity index (χ0) is 14.4. The molecule has 0 fully saturated rings. The van der Waals surface area contributed by atoms with E-state index in [0.717, 1.165) is 18.5 Å². The first-order valence-electron chi connectivity index (χ1n) is 7.09. The Morgan fingerprint density at radius 1 is 1.43 bits per heavy atom. The van der Waals surface area contributed by atoms with Crippen LogP contribution in [-0.2, 0) is 19.9 Å². The minimum atomic E-state index is 0.460. The largest absolute Gasteiger partial charge is 0.340 e. The molecule has 0 unspecified atom stereocenters. The van der Waals surface area contributed by atoms with Crippen molar-refractivity contribution in [3.8, 4) is 23.1 Å². The molecular weight excluding hydrogens is 268 g/mol. The molecule has 3 aromatic heterocycles. The van der Waals surface area contributed by atoms with Crippen LogP contribution in [-0.4, -0.2) is 29.9 Å². The smallest absolute Gasteiger partial charge is 0.279 e. The normalized spacial score (nSPS) is 17.9. The number of imidazole rings is 1. The first-order chi connectivity index (χ1) is 10.2. The summed E-state index contributed by atoms with van der Waals surface area (Å²) in [4.78, 5) is 8.66. The van der Waals surface area contributed by atoms with Crippen LogP contribution in [0.4, 0.5) is 0 Å². The van der Waals surface area contributed by atoms with E-state index in [4.69, 9.17) is 4.52 Å². The fourth-order valence-electron chi connectivity index (χ4n) is 2.80. The molecule has 0 radical (unpaired) electrons. The second kappa shape index (κ2) is 4.54. The predicted molar refractivity (Wildman–Crippen MR) is 75.3 cm³/mol. The zero-order valence-electron chi connectivity index (χ0n) is 12.0. The molecule has 0 spiro atoms. The van der Waals surface area contributed by atoms with Gasteiger partial charge in [-0.1, -0.05) is 12.1 Å². The molecule has 3 heterocycles. The van der Waals surface area contributed by atoms with Crippen LogP contribution >= 0.6 is 0 Å². The van der Waals surface area contributed by atoms with Crippen molar-refractivity contribution >= 4 is 0 Å². The lowest BCUT2D eigenvalue weighted by molar-refractivity contribution is 0.429. The van der Waals surface area contributed by atoms with Crippen LogP contribution in [0.1, 0.15) is 24.6 Å². The highest BCUT2D eigenvalue weighted by Gasteiger charge is 2.25. The van der Waals surface area contributed by atoms with Gasteiger partial charge in [-0.25, -0.2) is 4.98 Å². The van der Waals surface area contributed by atoms with Gasteiger partial charge in [-0.3, -0.25) is 5.10 Å². The molecular formula is C14H16N6O. The van der Waals surface area contributed by atoms with E-state index < -0.39 is 0 Å². The number of fused-ring (bicyclic) bond motifs is 1. The van der Waals surface area contributed by atoms with E-state index >= 15 is 0 Å². The summed E-state index contributed by atoms with van der Waals surface area (Å²) in [6.07, 6.45) is 6.80. The number of aromatic nitrogens is 6. The maximum absolute atomic E-state index is 5.38. The number of nitrogens with one attached hydrogen (secondary N) is 1. The molecule has 0 amide bonds. The highest BCUT2D eigenvalue weighted by molar-refractivity contribution is 5.58. The molecule has 1 N–H and O–H groups in total. The first kappa shape index (κ1) is 12.3. The Hall–Kier alpha value is -2.44. The number of hydrogen-bond acceptors (Lipinski definition) is 5. The lowest BCUT2D eigenvalue weighted by atomic mass is 9.88. The minimum absolute atomic E-state index is 0.460. The van der Waals surface area contributed by atoms with Crippen LogP contribution in [0.3, 0.4) is 0 Å². The Bertz CT molecular complexity index is 783. The lowest BCUT2D eigenvalue weighted by Crippen LogP contribution is -2.10. The van der Waals surface area contributed by atoms with Gasteiger partial charge in [0.2, 0.25) is 5.82 Å². The van der Waals surface area contributed by atoms with E-state index in [2.05, 4.69) is 32.2 Å². The number of hydrogen-bond donors (Lipinski definition) is 1. The molecule has 7 nitrogen and oxygen atoms in total. The third-order valence-corrected chi connectivity index (χ3v) is 3.96. The van der Waals surface area contributed by atoms with Crippen LogP contribution in [0.2, 0.25) is 0 Å². The topological polar surface area (TPSA) is 85.4 Å². The van der Waals surface area contributed by atoms with Crippen LogP contribution in [0, 0.1) is 5.92 Å². The summed E-state index contributed by atoms with van der Waals surface area (Å²) in [6, 6.07) is 0. The Balaban J connectivity index is 1.72. The van der Waals surface area contributed by atoms with Crippen molar-refractivity contribution in [2.24, 2.45) is 13.0 Å². The first-order valence-corrected chi connectivity index (χ1v) is 7.09. The standard InChI is InChI=1S/C14H16N6O/c1-8-3-4-10-9(5-8)12(18-17-10)14-16-13(19-21-14)11-6-20(2)7-15-11/h6-8H,3-5H2,1-2H3,(H,17,18)/t8-/m1/s1. The number of nitrogens with zero attached hydrogens (tertiary/aromatic N) is 5. The summed E-state index contributed by atoms with van der Waals surface area (Å²) in [7, 11) is 1.91. The van der Waals surface area contributed by atoms with Crippen LogP contribution < -0.4 is 0 Å². The number of H-pyrrole nitrogens is 1. The summed E-state index contributed by atoms with van der Waals surface area (Å²) >= 11 is 0. The molecule has 1 aliphatic carbocycles. The highest BCUT2D eigenvalue weighted by atomic mass is 16.5. The SMILES string of the molecule is C[C@@H]1CCc2[nH]nc(-c3nc(-c4cn(C)cn4)no3)c2C1. The average Bonchev–Trinajstić information content (AvgIpc) is 3.16. The molecule has 108 valence electrons. The monoisotopic (exact) mass is 284 g/mol. The fourth-order valence-corrected chi connectivity index (χ4v) is 2.80. The molecule has 4 rings (SSSR count). The van der Waals surface area contributed by atoms with Crippen molar-refractivity contribution in [3.63, 3.8) is 0 Å². The molecule has 7 heteroatoms. The van der Waals surface area contributed by atoms with Gasteiger partial charge in [-0.15, -0.1) is 0 Å². The van der Waals surface area contributed by atoms with Crippen molar-refractivity contribution in [2.75, 3.05) is 0 Å². The second-order valence-corrected chi connectivity index (χ2v) is 5.72. The van der Waals surface area contributed by atoms with E-state index in [1.807, 2.05) is 17.8 Å². The van der Waals surface area contributed by atoms with Gasteiger partial charge in [0.25, 0.3) is 5.89 Å². The molecule has 0 aliphatic heterocycles. The third-order valence-electron chi connectivity index (χ3n) is 3.96. The van der Waals surface area contributed by atoms with Crippen LogP contribution in [0.5, 0.6) is 0 Å². The second-order valence-electron chi connectivity index (χ2n) is 5.72. The Kier molecular flexibility index (Phi) is 2.66. The minimum Gasteiger partial charge on any atom is -0.340 e. The van der Waals surface area contributed by atoms with Crippen molar-refractivity contribution < 1.29 is 4.52 Å². The lowest BCUT2D eigenvalue weighted by Gasteiger charge is -2.17. The molecule has 0 bridgehead atoms. The van der Waals surface area contributed by atoms with Crippen molar-refractivity contribution in [1.82, 2.24) is 29.9 Å². The van der Waals surface area contributed by atoms with Gasteiger partial charge in [0.1, 0.15) is 5.69 Å². The van der Waals surface area contributed by atoms with Gasteiger partial charge in [-0.2, -0.15) is 10.1 Å². The van der Waals surface area contributed by atoms with Crippen molar-refractivity contribution in [1.29, 1.82) is 0 Å². The Morgan fingerprint density at radius 3 is 3.14 bits per heavy atom. The molecule has 21 heavy (non-hydrogen) atoms. The molecule has 1 aliphatic rings. The van der Waals surface area contributed by atoms with Crippen LogP contribution in [0.15, 0.2) is 17.0 Å². The summed E-state index contributed by atoms with van der Waals surface area (Å²) < 4.78 is 7.23. The van der Waals surface area contributed by atoms with Gasteiger partial charge in [-0.05, 0) is 25.2 Å².